The van der Waals surface area contributed by atoms with Crippen LogP contribution in [0.15, 0.2) is 23.0 Å². The summed E-state index contributed by atoms with van der Waals surface area (Å²) >= 11 is 0. The Labute approximate surface area is 127 Å². The summed E-state index contributed by atoms with van der Waals surface area (Å²) < 4.78 is 58.6. The van der Waals surface area contributed by atoms with Gasteiger partial charge in [-0.25, -0.2) is 4.39 Å². The molecule has 0 unspecified atom stereocenters. The highest BCUT2D eigenvalue weighted by Gasteiger charge is 2.39. The Kier molecular flexibility index (Phi) is 4.14. The average molecular weight is 326 g/mol. The fraction of sp³-hybridized carbons (Fsp3) is 0.200. The third-order valence-corrected chi connectivity index (χ3v) is 3.17. The zero-order chi connectivity index (χ0) is 17.4. The van der Waals surface area contributed by atoms with E-state index in [-0.39, 0.29) is 17.0 Å². The number of hydrogen-bond donors (Lipinski definition) is 1. The summed E-state index contributed by atoms with van der Waals surface area (Å²) in [5, 5.41) is 9.09. The summed E-state index contributed by atoms with van der Waals surface area (Å²) in [6, 6.07) is 4.36. The summed E-state index contributed by atoms with van der Waals surface area (Å²) in [7, 11) is 1.11. The fourth-order valence-corrected chi connectivity index (χ4v) is 2.27. The summed E-state index contributed by atoms with van der Waals surface area (Å²) in [6.45, 7) is 1.44. The summed E-state index contributed by atoms with van der Waals surface area (Å²) in [4.78, 5) is 14.1. The van der Waals surface area contributed by atoms with Crippen molar-refractivity contribution in [2.45, 2.75) is 13.1 Å². The number of methoxy groups -OCH3 is 1. The number of aromatic amines is 1. The van der Waals surface area contributed by atoms with Gasteiger partial charge in [0, 0.05) is 16.8 Å². The first kappa shape index (κ1) is 16.5. The van der Waals surface area contributed by atoms with Crippen molar-refractivity contribution < 1.29 is 22.3 Å². The number of halogens is 4. The van der Waals surface area contributed by atoms with Crippen molar-refractivity contribution in [2.24, 2.45) is 0 Å². The van der Waals surface area contributed by atoms with Crippen LogP contribution in [0, 0.1) is 24.1 Å². The molecule has 1 heterocycles. The largest absolute Gasteiger partial charge is 0.496 e. The van der Waals surface area contributed by atoms with Crippen molar-refractivity contribution in [3.8, 4) is 22.9 Å². The number of hydrogen-bond acceptors (Lipinski definition) is 3. The Morgan fingerprint density at radius 3 is 2.48 bits per heavy atom. The molecule has 8 heteroatoms. The number of nitrogens with zero attached hydrogens (tertiary/aromatic N) is 1. The lowest BCUT2D eigenvalue weighted by atomic mass is 9.94. The first-order valence-electron chi connectivity index (χ1n) is 6.28. The summed E-state index contributed by atoms with van der Waals surface area (Å²) in [5.74, 6) is -1.81. The van der Waals surface area contributed by atoms with Crippen LogP contribution in [0.25, 0.3) is 11.1 Å². The lowest BCUT2D eigenvalue weighted by Crippen LogP contribution is -2.16. The molecule has 1 aromatic heterocycles. The van der Waals surface area contributed by atoms with E-state index in [0.717, 1.165) is 13.2 Å². The predicted molar refractivity (Wildman–Crippen MR) is 73.5 cm³/mol. The lowest BCUT2D eigenvalue weighted by Gasteiger charge is -2.18. The van der Waals surface area contributed by atoms with E-state index in [9.17, 15) is 22.4 Å². The van der Waals surface area contributed by atoms with Gasteiger partial charge in [0.25, 0.3) is 5.56 Å². The molecular weight excluding hydrogens is 316 g/mol. The second-order valence-electron chi connectivity index (χ2n) is 4.68. The van der Waals surface area contributed by atoms with Crippen LogP contribution in [0.2, 0.25) is 0 Å². The number of benzene rings is 1. The third kappa shape index (κ3) is 2.90. The zero-order valence-electron chi connectivity index (χ0n) is 12.0. The molecule has 0 aliphatic rings. The van der Waals surface area contributed by atoms with E-state index in [0.29, 0.717) is 6.07 Å². The molecule has 0 amide bonds. The molecular formula is C15H10F4N2O2. The van der Waals surface area contributed by atoms with Gasteiger partial charge in [0.05, 0.1) is 7.11 Å². The zero-order valence-corrected chi connectivity index (χ0v) is 12.0. The van der Waals surface area contributed by atoms with Crippen molar-refractivity contribution in [1.29, 1.82) is 5.26 Å². The monoisotopic (exact) mass is 326 g/mol. The van der Waals surface area contributed by atoms with Gasteiger partial charge in [-0.3, -0.25) is 4.79 Å². The predicted octanol–water partition coefficient (Wildman–Crippen LogP) is 3.39. The van der Waals surface area contributed by atoms with Crippen LogP contribution in [-0.2, 0) is 6.18 Å². The summed E-state index contributed by atoms with van der Waals surface area (Å²) in [5.41, 5.74) is -3.78. The number of aromatic nitrogens is 1. The number of rotatable bonds is 2. The van der Waals surface area contributed by atoms with Gasteiger partial charge in [0.2, 0.25) is 0 Å². The number of nitrogens with one attached hydrogen (secondary N) is 1. The van der Waals surface area contributed by atoms with Crippen LogP contribution in [0.3, 0.4) is 0 Å². The van der Waals surface area contributed by atoms with Gasteiger partial charge in [0.1, 0.15) is 28.8 Å². The third-order valence-electron chi connectivity index (χ3n) is 3.17. The maximum Gasteiger partial charge on any atom is 0.419 e. The van der Waals surface area contributed by atoms with E-state index in [1.807, 2.05) is 0 Å². The molecule has 120 valence electrons. The van der Waals surface area contributed by atoms with E-state index < -0.39 is 34.2 Å². The number of ether oxygens (including phenoxy) is 1. The molecule has 0 spiro atoms. The Morgan fingerprint density at radius 1 is 1.30 bits per heavy atom. The molecule has 0 saturated heterocycles. The SMILES string of the molecule is COc1ccc(F)c(C(F)(F)F)c1-c1cc(C)[nH]c(=O)c1C#N. The van der Waals surface area contributed by atoms with Crippen LogP contribution < -0.4 is 10.3 Å². The molecule has 0 radical (unpaired) electrons. The van der Waals surface area contributed by atoms with Crippen molar-refractivity contribution in [3.05, 3.63) is 51.2 Å². The number of pyridine rings is 1. The number of nitriles is 1. The lowest BCUT2D eigenvalue weighted by molar-refractivity contribution is -0.139. The Bertz CT molecular complexity index is 863. The van der Waals surface area contributed by atoms with Crippen molar-refractivity contribution in [1.82, 2.24) is 4.98 Å². The number of aryl methyl sites for hydroxylation is 1. The second kappa shape index (κ2) is 5.76. The fourth-order valence-electron chi connectivity index (χ4n) is 2.27. The molecule has 4 nitrogen and oxygen atoms in total. The van der Waals surface area contributed by atoms with E-state index in [1.54, 1.807) is 6.07 Å². The van der Waals surface area contributed by atoms with E-state index in [1.165, 1.54) is 13.0 Å². The minimum Gasteiger partial charge on any atom is -0.496 e. The van der Waals surface area contributed by atoms with Crippen LogP contribution in [0.5, 0.6) is 5.75 Å². The van der Waals surface area contributed by atoms with Crippen molar-refractivity contribution in [3.63, 3.8) is 0 Å². The van der Waals surface area contributed by atoms with Gasteiger partial charge in [0.15, 0.2) is 0 Å². The molecule has 2 rings (SSSR count). The van der Waals surface area contributed by atoms with Crippen LogP contribution in [-0.4, -0.2) is 12.1 Å². The number of alkyl halides is 3. The molecule has 0 fully saturated rings. The molecule has 23 heavy (non-hydrogen) atoms. The molecule has 0 bridgehead atoms. The van der Waals surface area contributed by atoms with Crippen molar-refractivity contribution >= 4 is 0 Å². The van der Waals surface area contributed by atoms with Gasteiger partial charge in [-0.15, -0.1) is 0 Å². The first-order valence-corrected chi connectivity index (χ1v) is 6.28. The molecule has 1 aromatic carbocycles. The average Bonchev–Trinajstić information content (AvgIpc) is 2.44. The second-order valence-corrected chi connectivity index (χ2v) is 4.68. The van der Waals surface area contributed by atoms with Gasteiger partial charge in [-0.1, -0.05) is 0 Å². The molecule has 0 aliphatic heterocycles. The Morgan fingerprint density at radius 2 is 1.96 bits per heavy atom. The van der Waals surface area contributed by atoms with Crippen LogP contribution in [0.1, 0.15) is 16.8 Å². The van der Waals surface area contributed by atoms with Gasteiger partial charge >= 0.3 is 6.18 Å². The smallest absolute Gasteiger partial charge is 0.419 e. The highest BCUT2D eigenvalue weighted by atomic mass is 19.4. The maximum atomic E-state index is 13.8. The minimum absolute atomic E-state index is 0.225. The van der Waals surface area contributed by atoms with E-state index in [4.69, 9.17) is 10.00 Å². The van der Waals surface area contributed by atoms with Gasteiger partial charge in [-0.05, 0) is 25.1 Å². The standard InChI is InChI=1S/C15H10F4N2O2/c1-7-5-8(9(6-20)14(22)21-7)12-11(23-2)4-3-10(16)13(12)15(17,18)19/h3-5H,1-2H3,(H,21,22). The van der Waals surface area contributed by atoms with E-state index in [2.05, 4.69) is 4.98 Å². The highest BCUT2D eigenvalue weighted by molar-refractivity contribution is 5.79. The Hall–Kier alpha value is -2.82. The molecule has 0 aliphatic carbocycles. The summed E-state index contributed by atoms with van der Waals surface area (Å²) in [6.07, 6.45) is -5.03. The molecule has 0 atom stereocenters. The van der Waals surface area contributed by atoms with Crippen LogP contribution >= 0.6 is 0 Å². The highest BCUT2D eigenvalue weighted by Crippen LogP contribution is 2.44. The number of H-pyrrole nitrogens is 1. The van der Waals surface area contributed by atoms with Crippen molar-refractivity contribution in [2.75, 3.05) is 7.11 Å². The van der Waals surface area contributed by atoms with Gasteiger partial charge in [-0.2, -0.15) is 18.4 Å². The Balaban J connectivity index is 3.03. The maximum absolute atomic E-state index is 13.8. The normalized spacial score (nSPS) is 11.2. The molecule has 0 saturated carbocycles. The topological polar surface area (TPSA) is 65.9 Å². The first-order chi connectivity index (χ1) is 10.7. The van der Waals surface area contributed by atoms with Gasteiger partial charge < -0.3 is 9.72 Å². The van der Waals surface area contributed by atoms with Crippen LogP contribution in [0.4, 0.5) is 17.6 Å². The minimum atomic E-state index is -5.03. The quantitative estimate of drug-likeness (QED) is 0.860. The molecule has 1 N–H and O–H groups in total. The molecule has 2 aromatic rings. The van der Waals surface area contributed by atoms with E-state index >= 15 is 0 Å².